The first-order chi connectivity index (χ1) is 9.02. The number of hydrogen-bond donors (Lipinski definition) is 1. The van der Waals surface area contributed by atoms with Crippen molar-refractivity contribution >= 4 is 5.91 Å². The second kappa shape index (κ2) is 5.74. The summed E-state index contributed by atoms with van der Waals surface area (Å²) in [6.45, 7) is 3.99. The highest BCUT2D eigenvalue weighted by atomic mass is 16.2. The fourth-order valence-electron chi connectivity index (χ4n) is 3.10. The Bertz CT molecular complexity index is 450. The number of hydrogen-bond acceptors (Lipinski definition) is 2. The van der Waals surface area contributed by atoms with Gasteiger partial charge in [0.2, 0.25) is 0 Å². The second-order valence-corrected chi connectivity index (χ2v) is 5.70. The lowest BCUT2D eigenvalue weighted by Gasteiger charge is -2.36. The van der Waals surface area contributed by atoms with Crippen LogP contribution in [0.15, 0.2) is 18.2 Å². The van der Waals surface area contributed by atoms with Crippen LogP contribution in [-0.4, -0.2) is 29.9 Å². The summed E-state index contributed by atoms with van der Waals surface area (Å²) < 4.78 is 0. The third-order valence-corrected chi connectivity index (χ3v) is 4.29. The molecule has 2 N–H and O–H groups in total. The van der Waals surface area contributed by atoms with Crippen molar-refractivity contribution in [3.05, 3.63) is 34.9 Å². The number of carbonyl (C=O) groups excluding carboxylic acids is 1. The molecular weight excluding hydrogens is 236 g/mol. The largest absolute Gasteiger partial charge is 0.337 e. The van der Waals surface area contributed by atoms with Gasteiger partial charge in [0.15, 0.2) is 0 Å². The Morgan fingerprint density at radius 1 is 1.21 bits per heavy atom. The quantitative estimate of drug-likeness (QED) is 0.888. The van der Waals surface area contributed by atoms with Gasteiger partial charge in [-0.05, 0) is 37.8 Å². The van der Waals surface area contributed by atoms with Gasteiger partial charge in [0.05, 0.1) is 0 Å². The first-order valence-corrected chi connectivity index (χ1v) is 7.11. The molecule has 0 spiro atoms. The van der Waals surface area contributed by atoms with E-state index in [1.807, 2.05) is 44.0 Å². The molecule has 2 unspecified atom stereocenters. The number of amides is 1. The van der Waals surface area contributed by atoms with Crippen LogP contribution in [-0.2, 0) is 0 Å². The van der Waals surface area contributed by atoms with Crippen molar-refractivity contribution in [2.45, 2.75) is 51.6 Å². The summed E-state index contributed by atoms with van der Waals surface area (Å²) in [6.07, 6.45) is 4.40. The third kappa shape index (κ3) is 2.81. The Balaban J connectivity index is 2.23. The summed E-state index contributed by atoms with van der Waals surface area (Å²) in [5.41, 5.74) is 9.10. The van der Waals surface area contributed by atoms with E-state index in [2.05, 4.69) is 0 Å². The van der Waals surface area contributed by atoms with E-state index in [0.717, 1.165) is 29.5 Å². The molecule has 1 amide bonds. The molecule has 0 aliphatic heterocycles. The molecule has 0 heterocycles. The number of nitrogens with two attached hydrogens (primary N) is 1. The predicted molar refractivity (Wildman–Crippen MR) is 78.2 cm³/mol. The van der Waals surface area contributed by atoms with E-state index in [4.69, 9.17) is 5.73 Å². The van der Waals surface area contributed by atoms with Gasteiger partial charge < -0.3 is 10.6 Å². The summed E-state index contributed by atoms with van der Waals surface area (Å²) in [5, 5.41) is 0. The average molecular weight is 260 g/mol. The zero-order valence-corrected chi connectivity index (χ0v) is 12.1. The molecule has 1 saturated carbocycles. The number of nitrogens with zero attached hydrogens (tertiary/aromatic N) is 1. The first-order valence-electron chi connectivity index (χ1n) is 7.11. The van der Waals surface area contributed by atoms with Crippen LogP contribution in [0, 0.1) is 13.8 Å². The van der Waals surface area contributed by atoms with Gasteiger partial charge in [-0.3, -0.25) is 4.79 Å². The minimum Gasteiger partial charge on any atom is -0.337 e. The molecule has 2 rings (SSSR count). The molecule has 3 nitrogen and oxygen atoms in total. The Hall–Kier alpha value is -1.35. The van der Waals surface area contributed by atoms with E-state index in [1.165, 1.54) is 12.8 Å². The highest BCUT2D eigenvalue weighted by molar-refractivity contribution is 5.97. The van der Waals surface area contributed by atoms with Gasteiger partial charge in [-0.1, -0.05) is 31.0 Å². The van der Waals surface area contributed by atoms with Crippen molar-refractivity contribution in [2.24, 2.45) is 5.73 Å². The predicted octanol–water partition coefficient (Wildman–Crippen LogP) is 2.65. The number of aryl methyl sites for hydroxylation is 2. The maximum absolute atomic E-state index is 12.7. The summed E-state index contributed by atoms with van der Waals surface area (Å²) in [6, 6.07) is 6.28. The molecule has 0 saturated heterocycles. The summed E-state index contributed by atoms with van der Waals surface area (Å²) in [4.78, 5) is 14.6. The molecule has 1 aliphatic rings. The van der Waals surface area contributed by atoms with Crippen LogP contribution < -0.4 is 5.73 Å². The Kier molecular flexibility index (Phi) is 4.25. The summed E-state index contributed by atoms with van der Waals surface area (Å²) in [5.74, 6) is 0.109. The monoisotopic (exact) mass is 260 g/mol. The van der Waals surface area contributed by atoms with E-state index < -0.39 is 0 Å². The van der Waals surface area contributed by atoms with Crippen LogP contribution in [0.1, 0.15) is 47.2 Å². The van der Waals surface area contributed by atoms with Crippen molar-refractivity contribution in [1.82, 2.24) is 4.90 Å². The maximum atomic E-state index is 12.7. The van der Waals surface area contributed by atoms with E-state index in [9.17, 15) is 4.79 Å². The van der Waals surface area contributed by atoms with Crippen LogP contribution in [0.25, 0.3) is 0 Å². The molecule has 1 aromatic rings. The fourth-order valence-corrected chi connectivity index (χ4v) is 3.10. The number of rotatable bonds is 2. The van der Waals surface area contributed by atoms with Gasteiger partial charge in [-0.25, -0.2) is 0 Å². The van der Waals surface area contributed by atoms with Crippen molar-refractivity contribution < 1.29 is 4.79 Å². The smallest absolute Gasteiger partial charge is 0.254 e. The van der Waals surface area contributed by atoms with E-state index in [1.54, 1.807) is 0 Å². The Morgan fingerprint density at radius 3 is 2.37 bits per heavy atom. The maximum Gasteiger partial charge on any atom is 0.254 e. The van der Waals surface area contributed by atoms with Crippen molar-refractivity contribution in [3.8, 4) is 0 Å². The third-order valence-electron chi connectivity index (χ3n) is 4.29. The normalized spacial score (nSPS) is 23.2. The fraction of sp³-hybridized carbons (Fsp3) is 0.562. The van der Waals surface area contributed by atoms with Gasteiger partial charge in [-0.2, -0.15) is 0 Å². The molecule has 1 aromatic carbocycles. The molecule has 1 fully saturated rings. The lowest BCUT2D eigenvalue weighted by Crippen LogP contribution is -2.50. The SMILES string of the molecule is Cc1cccc(C)c1C(=O)N(C)C1CCCCC1N. The van der Waals surface area contributed by atoms with Crippen molar-refractivity contribution in [2.75, 3.05) is 7.05 Å². The number of carbonyl (C=O) groups is 1. The number of benzene rings is 1. The van der Waals surface area contributed by atoms with Crippen molar-refractivity contribution in [3.63, 3.8) is 0 Å². The van der Waals surface area contributed by atoms with Gasteiger partial charge in [-0.15, -0.1) is 0 Å². The molecule has 19 heavy (non-hydrogen) atoms. The molecule has 0 radical (unpaired) electrons. The minimum absolute atomic E-state index is 0.109. The van der Waals surface area contributed by atoms with E-state index in [0.29, 0.717) is 0 Å². The number of likely N-dealkylation sites (N-methyl/N-ethyl adjacent to an activating group) is 1. The molecule has 0 bridgehead atoms. The molecular formula is C16H24N2O. The first kappa shape index (κ1) is 14.1. The second-order valence-electron chi connectivity index (χ2n) is 5.70. The Labute approximate surface area is 115 Å². The van der Waals surface area contributed by atoms with Gasteiger partial charge in [0, 0.05) is 24.7 Å². The lowest BCUT2D eigenvalue weighted by atomic mass is 9.89. The van der Waals surface area contributed by atoms with Crippen LogP contribution in [0.5, 0.6) is 0 Å². The standard InChI is InChI=1S/C16H24N2O/c1-11-7-6-8-12(2)15(11)16(19)18(3)14-10-5-4-9-13(14)17/h6-8,13-14H,4-5,9-10,17H2,1-3H3. The molecule has 0 aromatic heterocycles. The highest BCUT2D eigenvalue weighted by Gasteiger charge is 2.29. The van der Waals surface area contributed by atoms with Crippen LogP contribution in [0.4, 0.5) is 0 Å². The zero-order valence-electron chi connectivity index (χ0n) is 12.1. The summed E-state index contributed by atoms with van der Waals surface area (Å²) >= 11 is 0. The van der Waals surface area contributed by atoms with Crippen LogP contribution in [0.3, 0.4) is 0 Å². The molecule has 104 valence electrons. The molecule has 1 aliphatic carbocycles. The van der Waals surface area contributed by atoms with E-state index in [-0.39, 0.29) is 18.0 Å². The van der Waals surface area contributed by atoms with Gasteiger partial charge in [0.25, 0.3) is 5.91 Å². The van der Waals surface area contributed by atoms with Gasteiger partial charge >= 0.3 is 0 Å². The Morgan fingerprint density at radius 2 is 1.79 bits per heavy atom. The minimum atomic E-state index is 0.109. The molecule has 2 atom stereocenters. The molecule has 3 heteroatoms. The van der Waals surface area contributed by atoms with Crippen LogP contribution >= 0.6 is 0 Å². The summed E-state index contributed by atoms with van der Waals surface area (Å²) in [7, 11) is 1.89. The van der Waals surface area contributed by atoms with Gasteiger partial charge in [0.1, 0.15) is 0 Å². The van der Waals surface area contributed by atoms with E-state index >= 15 is 0 Å². The topological polar surface area (TPSA) is 46.3 Å². The zero-order chi connectivity index (χ0) is 14.0. The lowest BCUT2D eigenvalue weighted by molar-refractivity contribution is 0.0670. The highest BCUT2D eigenvalue weighted by Crippen LogP contribution is 2.24. The average Bonchev–Trinajstić information content (AvgIpc) is 2.38. The van der Waals surface area contributed by atoms with Crippen LogP contribution in [0.2, 0.25) is 0 Å². The van der Waals surface area contributed by atoms with Crippen molar-refractivity contribution in [1.29, 1.82) is 0 Å².